The number of methoxy groups -OCH3 is 1. The van der Waals surface area contributed by atoms with Gasteiger partial charge in [0.15, 0.2) is 11.5 Å². The molecule has 3 rings (SSSR count). The molecule has 31 heavy (non-hydrogen) atoms. The van der Waals surface area contributed by atoms with Crippen LogP contribution in [0.4, 0.5) is 5.00 Å². The lowest BCUT2D eigenvalue weighted by Crippen LogP contribution is -2.13. The molecular weight excluding hydrogens is 410 g/mol. The van der Waals surface area contributed by atoms with Crippen molar-refractivity contribution < 1.29 is 14.3 Å². The maximum absolute atomic E-state index is 12.8. The van der Waals surface area contributed by atoms with Gasteiger partial charge < -0.3 is 14.8 Å². The van der Waals surface area contributed by atoms with Crippen LogP contribution in [-0.4, -0.2) is 19.6 Å². The van der Waals surface area contributed by atoms with Crippen LogP contribution >= 0.6 is 11.3 Å². The second kappa shape index (κ2) is 10.7. The standard InChI is InChI=1S/C24H25N3O3S/c1-3-4-11-30-20-10-9-16(13-21(20)29-2)12-17(14-25)23(28)27-24-19(15-26)18-7-5-6-8-22(18)31-24/h9-10,12-13H,3-8,11H2,1-2H3,(H,27,28). The van der Waals surface area contributed by atoms with E-state index in [0.29, 0.717) is 34.2 Å². The summed E-state index contributed by atoms with van der Waals surface area (Å²) in [6.07, 6.45) is 7.42. The molecule has 160 valence electrons. The van der Waals surface area contributed by atoms with Crippen LogP contribution in [0.3, 0.4) is 0 Å². The summed E-state index contributed by atoms with van der Waals surface area (Å²) < 4.78 is 11.1. The van der Waals surface area contributed by atoms with Gasteiger partial charge >= 0.3 is 0 Å². The van der Waals surface area contributed by atoms with Crippen LogP contribution in [0.1, 0.15) is 54.2 Å². The monoisotopic (exact) mass is 435 g/mol. The van der Waals surface area contributed by atoms with Gasteiger partial charge in [0.25, 0.3) is 5.91 Å². The Hall–Kier alpha value is -3.29. The molecule has 6 nitrogen and oxygen atoms in total. The van der Waals surface area contributed by atoms with E-state index in [2.05, 4.69) is 18.3 Å². The van der Waals surface area contributed by atoms with Crippen LogP contribution in [0, 0.1) is 22.7 Å². The number of nitrogens with zero attached hydrogens (tertiary/aromatic N) is 2. The van der Waals surface area contributed by atoms with Crippen molar-refractivity contribution in [2.45, 2.75) is 45.4 Å². The van der Waals surface area contributed by atoms with E-state index < -0.39 is 5.91 Å². The number of hydrogen-bond donors (Lipinski definition) is 1. The van der Waals surface area contributed by atoms with Gasteiger partial charge in [-0.3, -0.25) is 4.79 Å². The zero-order chi connectivity index (χ0) is 22.2. The van der Waals surface area contributed by atoms with Crippen LogP contribution in [0.5, 0.6) is 11.5 Å². The minimum atomic E-state index is -0.528. The lowest BCUT2D eigenvalue weighted by atomic mass is 9.96. The third-order valence-corrected chi connectivity index (χ3v) is 6.34. The van der Waals surface area contributed by atoms with E-state index in [0.717, 1.165) is 49.0 Å². The summed E-state index contributed by atoms with van der Waals surface area (Å²) in [5, 5.41) is 22.4. The Kier molecular flexibility index (Phi) is 7.70. The Morgan fingerprint density at radius 3 is 2.77 bits per heavy atom. The molecule has 1 amide bonds. The Morgan fingerprint density at radius 2 is 2.06 bits per heavy atom. The van der Waals surface area contributed by atoms with Gasteiger partial charge in [0.1, 0.15) is 22.7 Å². The van der Waals surface area contributed by atoms with E-state index in [4.69, 9.17) is 9.47 Å². The number of aryl methyl sites for hydroxylation is 1. The zero-order valence-electron chi connectivity index (χ0n) is 17.8. The molecule has 1 heterocycles. The van der Waals surface area contributed by atoms with Crippen molar-refractivity contribution in [3.63, 3.8) is 0 Å². The van der Waals surface area contributed by atoms with E-state index in [1.54, 1.807) is 25.3 Å². The summed E-state index contributed by atoms with van der Waals surface area (Å²) in [5.41, 5.74) is 2.18. The molecule has 0 fully saturated rings. The number of rotatable bonds is 8. The molecule has 1 aromatic carbocycles. The first-order valence-electron chi connectivity index (χ1n) is 10.4. The number of anilines is 1. The molecule has 0 spiro atoms. The number of thiophene rings is 1. The zero-order valence-corrected chi connectivity index (χ0v) is 18.6. The Bertz CT molecular complexity index is 1070. The molecule has 0 saturated carbocycles. The molecule has 0 radical (unpaired) electrons. The summed E-state index contributed by atoms with van der Waals surface area (Å²) in [7, 11) is 1.55. The molecule has 7 heteroatoms. The van der Waals surface area contributed by atoms with E-state index >= 15 is 0 Å². The highest BCUT2D eigenvalue weighted by molar-refractivity contribution is 7.16. The molecular formula is C24H25N3O3S. The molecule has 0 bridgehead atoms. The lowest BCUT2D eigenvalue weighted by molar-refractivity contribution is -0.112. The first-order valence-corrected chi connectivity index (χ1v) is 11.2. The second-order valence-corrected chi connectivity index (χ2v) is 8.37. The van der Waals surface area contributed by atoms with Gasteiger partial charge in [0.05, 0.1) is 19.3 Å². The summed E-state index contributed by atoms with van der Waals surface area (Å²) in [5.74, 6) is 0.638. The smallest absolute Gasteiger partial charge is 0.266 e. The number of benzene rings is 1. The molecule has 1 aliphatic carbocycles. The molecule has 1 aromatic heterocycles. The van der Waals surface area contributed by atoms with E-state index in [-0.39, 0.29) is 5.57 Å². The van der Waals surface area contributed by atoms with Crippen molar-refractivity contribution in [1.29, 1.82) is 10.5 Å². The highest BCUT2D eigenvalue weighted by Gasteiger charge is 2.22. The number of nitriles is 2. The number of amides is 1. The van der Waals surface area contributed by atoms with Gasteiger partial charge in [-0.05, 0) is 61.4 Å². The third kappa shape index (κ3) is 5.25. The van der Waals surface area contributed by atoms with Gasteiger partial charge in [0.2, 0.25) is 0 Å². The number of hydrogen-bond acceptors (Lipinski definition) is 6. The summed E-state index contributed by atoms with van der Waals surface area (Å²) >= 11 is 1.44. The SMILES string of the molecule is CCCCOc1ccc(C=C(C#N)C(=O)Nc2sc3c(c2C#N)CCCC3)cc1OC. The number of carbonyl (C=O) groups excluding carboxylic acids is 1. The second-order valence-electron chi connectivity index (χ2n) is 7.26. The number of nitrogens with one attached hydrogen (secondary N) is 1. The first-order chi connectivity index (χ1) is 15.1. The maximum Gasteiger partial charge on any atom is 0.266 e. The fourth-order valence-corrected chi connectivity index (χ4v) is 4.71. The maximum atomic E-state index is 12.8. The fourth-order valence-electron chi connectivity index (χ4n) is 3.48. The summed E-state index contributed by atoms with van der Waals surface area (Å²) in [6, 6.07) is 9.46. The largest absolute Gasteiger partial charge is 0.493 e. The first kappa shape index (κ1) is 22.4. The fraction of sp³-hybridized carbons (Fsp3) is 0.375. The van der Waals surface area contributed by atoms with Crippen LogP contribution < -0.4 is 14.8 Å². The molecule has 0 aliphatic heterocycles. The predicted molar refractivity (Wildman–Crippen MR) is 121 cm³/mol. The van der Waals surface area contributed by atoms with Gasteiger partial charge in [-0.15, -0.1) is 11.3 Å². The highest BCUT2D eigenvalue weighted by atomic mass is 32.1. The minimum absolute atomic E-state index is 0.0445. The van der Waals surface area contributed by atoms with E-state index in [1.165, 1.54) is 17.4 Å². The van der Waals surface area contributed by atoms with Crippen molar-refractivity contribution >= 4 is 28.3 Å². The molecule has 0 atom stereocenters. The Balaban J connectivity index is 1.80. The lowest BCUT2D eigenvalue weighted by Gasteiger charge is -2.11. The van der Waals surface area contributed by atoms with E-state index in [9.17, 15) is 15.3 Å². The predicted octanol–water partition coefficient (Wildman–Crippen LogP) is 5.23. The Morgan fingerprint density at radius 1 is 1.26 bits per heavy atom. The average Bonchev–Trinajstić information content (AvgIpc) is 3.14. The van der Waals surface area contributed by atoms with Crippen LogP contribution in [0.2, 0.25) is 0 Å². The van der Waals surface area contributed by atoms with Crippen molar-refractivity contribution in [3.05, 3.63) is 45.3 Å². The minimum Gasteiger partial charge on any atom is -0.493 e. The van der Waals surface area contributed by atoms with E-state index in [1.807, 2.05) is 6.07 Å². The molecule has 0 saturated heterocycles. The average molecular weight is 436 g/mol. The number of unbranched alkanes of at least 4 members (excludes halogenated alkanes) is 1. The van der Waals surface area contributed by atoms with Crippen molar-refractivity contribution in [1.82, 2.24) is 0 Å². The van der Waals surface area contributed by atoms with Crippen molar-refractivity contribution in [2.75, 3.05) is 19.0 Å². The highest BCUT2D eigenvalue weighted by Crippen LogP contribution is 2.38. The van der Waals surface area contributed by atoms with Crippen LogP contribution in [0.15, 0.2) is 23.8 Å². The van der Waals surface area contributed by atoms with Gasteiger partial charge in [-0.2, -0.15) is 10.5 Å². The summed E-state index contributed by atoms with van der Waals surface area (Å²) in [4.78, 5) is 13.9. The number of carbonyl (C=O) groups is 1. The molecule has 2 aromatic rings. The van der Waals surface area contributed by atoms with Gasteiger partial charge in [0, 0.05) is 4.88 Å². The molecule has 0 unspecified atom stereocenters. The molecule has 1 aliphatic rings. The van der Waals surface area contributed by atoms with Gasteiger partial charge in [-0.25, -0.2) is 0 Å². The quantitative estimate of drug-likeness (QED) is 0.348. The Labute approximate surface area is 186 Å². The normalized spacial score (nSPS) is 13.0. The number of fused-ring (bicyclic) bond motifs is 1. The van der Waals surface area contributed by atoms with Crippen LogP contribution in [-0.2, 0) is 17.6 Å². The summed E-state index contributed by atoms with van der Waals surface area (Å²) in [6.45, 7) is 2.69. The van der Waals surface area contributed by atoms with Gasteiger partial charge in [-0.1, -0.05) is 19.4 Å². The number of ether oxygens (including phenoxy) is 2. The van der Waals surface area contributed by atoms with Crippen LogP contribution in [0.25, 0.3) is 6.08 Å². The topological polar surface area (TPSA) is 95.1 Å². The molecule has 1 N–H and O–H groups in total. The third-order valence-electron chi connectivity index (χ3n) is 5.13. The van der Waals surface area contributed by atoms with Crippen molar-refractivity contribution in [2.24, 2.45) is 0 Å². The van der Waals surface area contributed by atoms with Crippen molar-refractivity contribution in [3.8, 4) is 23.6 Å².